The second kappa shape index (κ2) is 6.94. The lowest BCUT2D eigenvalue weighted by atomic mass is 9.92. The van der Waals surface area contributed by atoms with Crippen molar-refractivity contribution in [3.05, 3.63) is 47.1 Å². The number of carbonyl (C=O) groups is 1. The molecule has 0 bridgehead atoms. The van der Waals surface area contributed by atoms with E-state index in [1.54, 1.807) is 29.8 Å². The molecule has 0 saturated carbocycles. The minimum atomic E-state index is -3.13. The number of rotatable bonds is 3. The number of hydrogen-bond donors (Lipinski definition) is 1. The molecule has 7 nitrogen and oxygen atoms in total. The smallest absolute Gasteiger partial charge is 0.292 e. The van der Waals surface area contributed by atoms with Gasteiger partial charge in [-0.2, -0.15) is 5.10 Å². The van der Waals surface area contributed by atoms with E-state index in [2.05, 4.69) is 10.4 Å². The fourth-order valence-electron chi connectivity index (χ4n) is 3.70. The number of halogens is 1. The Kier molecular flexibility index (Phi) is 4.76. The molecule has 3 aromatic rings. The van der Waals surface area contributed by atoms with Gasteiger partial charge in [0.1, 0.15) is 5.82 Å². The van der Waals surface area contributed by atoms with E-state index in [-0.39, 0.29) is 34.3 Å². The number of para-hydroxylation sites is 1. The van der Waals surface area contributed by atoms with E-state index >= 15 is 0 Å². The molecule has 4 rings (SSSR count). The fourth-order valence-corrected chi connectivity index (χ4v) is 5.39. The molecule has 0 unspecified atom stereocenters. The van der Waals surface area contributed by atoms with Gasteiger partial charge in [-0.3, -0.25) is 4.79 Å². The Morgan fingerprint density at radius 2 is 2.07 bits per heavy atom. The lowest BCUT2D eigenvalue weighted by Gasteiger charge is -2.15. The van der Waals surface area contributed by atoms with E-state index in [0.717, 1.165) is 5.69 Å². The van der Waals surface area contributed by atoms with Crippen LogP contribution < -0.4 is 5.32 Å². The van der Waals surface area contributed by atoms with Crippen molar-refractivity contribution in [1.29, 1.82) is 0 Å². The maximum Gasteiger partial charge on any atom is 0.292 e. The predicted octanol–water partition coefficient (Wildman–Crippen LogP) is 3.99. The van der Waals surface area contributed by atoms with Crippen molar-refractivity contribution in [2.24, 2.45) is 0 Å². The summed E-state index contributed by atoms with van der Waals surface area (Å²) < 4.78 is 45.1. The molecule has 1 atom stereocenters. The van der Waals surface area contributed by atoms with E-state index < -0.39 is 21.6 Å². The highest BCUT2D eigenvalue weighted by atomic mass is 32.2. The first-order valence-electron chi connectivity index (χ1n) is 9.76. The number of aryl methyl sites for hydroxylation is 1. The number of furan rings is 1. The van der Waals surface area contributed by atoms with Gasteiger partial charge in [-0.1, -0.05) is 32.9 Å². The third kappa shape index (κ3) is 3.62. The zero-order valence-corrected chi connectivity index (χ0v) is 18.1. The molecule has 0 radical (unpaired) electrons. The zero-order valence-electron chi connectivity index (χ0n) is 17.3. The molecule has 9 heteroatoms. The van der Waals surface area contributed by atoms with Crippen molar-refractivity contribution in [3.8, 4) is 0 Å². The summed E-state index contributed by atoms with van der Waals surface area (Å²) in [6.45, 7) is 7.66. The number of amides is 1. The normalized spacial score (nSPS) is 18.8. The van der Waals surface area contributed by atoms with E-state index in [9.17, 15) is 17.6 Å². The highest BCUT2D eigenvalue weighted by Gasteiger charge is 2.33. The number of hydrogen-bond acceptors (Lipinski definition) is 5. The first kappa shape index (κ1) is 20.6. The molecule has 3 heterocycles. The van der Waals surface area contributed by atoms with Crippen molar-refractivity contribution in [1.82, 2.24) is 9.78 Å². The molecule has 160 valence electrons. The average molecular weight is 434 g/mol. The molecule has 30 heavy (non-hydrogen) atoms. The van der Waals surface area contributed by atoms with Crippen LogP contribution in [0.4, 0.5) is 10.2 Å². The van der Waals surface area contributed by atoms with Crippen LogP contribution in [-0.2, 0) is 15.3 Å². The van der Waals surface area contributed by atoms with Crippen LogP contribution in [0.15, 0.2) is 28.7 Å². The van der Waals surface area contributed by atoms with Crippen LogP contribution in [-0.4, -0.2) is 35.6 Å². The third-order valence-corrected chi connectivity index (χ3v) is 7.17. The maximum absolute atomic E-state index is 14.0. The molecule has 1 saturated heterocycles. The second-order valence-corrected chi connectivity index (χ2v) is 11.0. The van der Waals surface area contributed by atoms with Gasteiger partial charge in [0, 0.05) is 22.4 Å². The van der Waals surface area contributed by atoms with Gasteiger partial charge in [0.2, 0.25) is 0 Å². The molecule has 2 aromatic heterocycles. The summed E-state index contributed by atoms with van der Waals surface area (Å²) in [4.78, 5) is 13.0. The molecule has 1 aromatic carbocycles. The number of aromatic nitrogens is 2. The molecular formula is C21H24FN3O4S. The Morgan fingerprint density at radius 1 is 1.33 bits per heavy atom. The predicted molar refractivity (Wildman–Crippen MR) is 112 cm³/mol. The van der Waals surface area contributed by atoms with Crippen molar-refractivity contribution in [2.75, 3.05) is 16.8 Å². The van der Waals surface area contributed by atoms with Gasteiger partial charge >= 0.3 is 0 Å². The second-order valence-electron chi connectivity index (χ2n) is 8.79. The lowest BCUT2D eigenvalue weighted by molar-refractivity contribution is 0.0996. The van der Waals surface area contributed by atoms with Gasteiger partial charge in [-0.05, 0) is 19.4 Å². The van der Waals surface area contributed by atoms with E-state index in [1.165, 1.54) is 6.07 Å². The Hall–Kier alpha value is -2.68. The molecule has 0 aliphatic carbocycles. The van der Waals surface area contributed by atoms with Crippen LogP contribution in [0.25, 0.3) is 11.0 Å². The van der Waals surface area contributed by atoms with Crippen LogP contribution in [0.1, 0.15) is 55.0 Å². The summed E-state index contributed by atoms with van der Waals surface area (Å²) >= 11 is 0. The van der Waals surface area contributed by atoms with Gasteiger partial charge in [-0.15, -0.1) is 0 Å². The minimum Gasteiger partial charge on any atom is -0.448 e. The van der Waals surface area contributed by atoms with Gasteiger partial charge in [0.15, 0.2) is 27.0 Å². The summed E-state index contributed by atoms with van der Waals surface area (Å²) in [5.41, 5.74) is 1.01. The number of sulfone groups is 1. The average Bonchev–Trinajstić information content (AvgIpc) is 3.31. The SMILES string of the molecule is Cc1c(C(=O)Nc2cc(C(C)(C)C)nn2[C@H]2CCS(=O)(=O)C2)oc2c(F)cccc12. The van der Waals surface area contributed by atoms with Crippen molar-refractivity contribution < 1.29 is 22.0 Å². The Bertz CT molecular complexity index is 1250. The maximum atomic E-state index is 14.0. The number of fused-ring (bicyclic) bond motifs is 1. The molecule has 1 aliphatic rings. The monoisotopic (exact) mass is 433 g/mol. The van der Waals surface area contributed by atoms with Crippen LogP contribution in [0.5, 0.6) is 0 Å². The third-order valence-electron chi connectivity index (χ3n) is 5.42. The summed E-state index contributed by atoms with van der Waals surface area (Å²) in [7, 11) is -3.13. The number of anilines is 1. The number of benzene rings is 1. The number of nitrogens with zero attached hydrogens (tertiary/aromatic N) is 2. The first-order chi connectivity index (χ1) is 14.0. The highest BCUT2D eigenvalue weighted by Crippen LogP contribution is 2.32. The number of nitrogens with one attached hydrogen (secondary N) is 1. The topological polar surface area (TPSA) is 94.2 Å². The van der Waals surface area contributed by atoms with Gasteiger partial charge in [0.25, 0.3) is 5.91 Å². The van der Waals surface area contributed by atoms with Crippen LogP contribution in [0.2, 0.25) is 0 Å². The van der Waals surface area contributed by atoms with Crippen molar-refractivity contribution >= 4 is 32.5 Å². The molecule has 1 aliphatic heterocycles. The minimum absolute atomic E-state index is 0.0132. The molecule has 1 fully saturated rings. The lowest BCUT2D eigenvalue weighted by Crippen LogP contribution is -2.20. The quantitative estimate of drug-likeness (QED) is 0.674. The summed E-state index contributed by atoms with van der Waals surface area (Å²) in [5, 5.41) is 7.93. The summed E-state index contributed by atoms with van der Waals surface area (Å²) in [5.74, 6) is -0.587. The Morgan fingerprint density at radius 3 is 2.67 bits per heavy atom. The Balaban J connectivity index is 1.72. The zero-order chi connectivity index (χ0) is 21.8. The van der Waals surface area contributed by atoms with Crippen molar-refractivity contribution in [2.45, 2.75) is 45.6 Å². The summed E-state index contributed by atoms with van der Waals surface area (Å²) in [6, 6.07) is 5.93. The molecule has 0 spiro atoms. The van der Waals surface area contributed by atoms with Gasteiger partial charge in [-0.25, -0.2) is 17.5 Å². The molecule has 1 N–H and O–H groups in total. The van der Waals surface area contributed by atoms with Crippen LogP contribution in [0.3, 0.4) is 0 Å². The van der Waals surface area contributed by atoms with Crippen LogP contribution >= 0.6 is 0 Å². The molecular weight excluding hydrogens is 409 g/mol. The first-order valence-corrected chi connectivity index (χ1v) is 11.6. The molecule has 1 amide bonds. The van der Waals surface area contributed by atoms with Gasteiger partial charge < -0.3 is 9.73 Å². The standard InChI is InChI=1S/C21H24FN3O4S/c1-12-14-6-5-7-15(22)19(14)29-18(12)20(26)23-17-10-16(21(2,3)4)24-25(17)13-8-9-30(27,28)11-13/h5-7,10,13H,8-9,11H2,1-4H3,(H,23,26)/t13-/m0/s1. The highest BCUT2D eigenvalue weighted by molar-refractivity contribution is 7.91. The Labute approximate surface area is 174 Å². The summed E-state index contributed by atoms with van der Waals surface area (Å²) in [6.07, 6.45) is 0.436. The van der Waals surface area contributed by atoms with E-state index in [1.807, 2.05) is 20.8 Å². The number of carbonyl (C=O) groups excluding carboxylic acids is 1. The van der Waals surface area contributed by atoms with Crippen LogP contribution in [0, 0.1) is 12.7 Å². The van der Waals surface area contributed by atoms with Gasteiger partial charge in [0.05, 0.1) is 23.2 Å². The van der Waals surface area contributed by atoms with E-state index in [0.29, 0.717) is 23.2 Å². The van der Waals surface area contributed by atoms with Crippen molar-refractivity contribution in [3.63, 3.8) is 0 Å². The largest absolute Gasteiger partial charge is 0.448 e. The fraction of sp³-hybridized carbons (Fsp3) is 0.429. The van der Waals surface area contributed by atoms with E-state index in [4.69, 9.17) is 4.42 Å².